The molecule has 2 aromatic rings. The van der Waals surface area contributed by atoms with Crippen LogP contribution in [-0.2, 0) is 0 Å². The lowest BCUT2D eigenvalue weighted by Gasteiger charge is -2.17. The molecular weight excluding hydrogens is 337 g/mol. The maximum Gasteiger partial charge on any atom is 0.258 e. The maximum absolute atomic E-state index is 12.3. The molecule has 0 heterocycles. The number of nitrogens with zero attached hydrogens (tertiary/aromatic N) is 1. The number of aryl methyl sites for hydroxylation is 1. The van der Waals surface area contributed by atoms with E-state index in [-0.39, 0.29) is 5.91 Å². The average Bonchev–Trinajstić information content (AvgIpc) is 2.38. The van der Waals surface area contributed by atoms with Crippen molar-refractivity contribution in [2.24, 2.45) is 0 Å². The molecule has 0 N–H and O–H groups in total. The van der Waals surface area contributed by atoms with Crippen LogP contribution in [0.1, 0.15) is 15.9 Å². The molecule has 92 valence electrons. The molecule has 0 atom stereocenters. The van der Waals surface area contributed by atoms with Crippen molar-refractivity contribution in [3.05, 3.63) is 63.2 Å². The second-order valence-corrected chi connectivity index (χ2v) is 5.46. The quantitative estimate of drug-likeness (QED) is 0.752. The van der Waals surface area contributed by atoms with Crippen LogP contribution < -0.4 is 4.90 Å². The normalized spacial score (nSPS) is 10.2. The summed E-state index contributed by atoms with van der Waals surface area (Å²) in [6.45, 7) is 2.02. The van der Waals surface area contributed by atoms with Gasteiger partial charge >= 0.3 is 0 Å². The molecule has 0 aliphatic heterocycles. The van der Waals surface area contributed by atoms with Crippen molar-refractivity contribution in [3.8, 4) is 0 Å². The second kappa shape index (κ2) is 5.52. The summed E-state index contributed by atoms with van der Waals surface area (Å²) >= 11 is 2.23. The third kappa shape index (κ3) is 2.90. The molecule has 3 heteroatoms. The van der Waals surface area contributed by atoms with Crippen molar-refractivity contribution in [2.45, 2.75) is 6.92 Å². The molecule has 2 rings (SSSR count). The first kappa shape index (κ1) is 13.1. The fourth-order valence-electron chi connectivity index (χ4n) is 1.74. The highest BCUT2D eigenvalue weighted by Gasteiger charge is 2.12. The van der Waals surface area contributed by atoms with Gasteiger partial charge in [-0.1, -0.05) is 12.1 Å². The summed E-state index contributed by atoms with van der Waals surface area (Å²) < 4.78 is 1.13. The highest BCUT2D eigenvalue weighted by Crippen LogP contribution is 2.17. The van der Waals surface area contributed by atoms with E-state index in [9.17, 15) is 4.79 Å². The first-order valence-electron chi connectivity index (χ1n) is 5.68. The minimum Gasteiger partial charge on any atom is -0.311 e. The summed E-state index contributed by atoms with van der Waals surface area (Å²) in [5, 5.41) is 0. The Morgan fingerprint density at radius 2 is 1.78 bits per heavy atom. The van der Waals surface area contributed by atoms with Gasteiger partial charge in [0, 0.05) is 21.9 Å². The van der Waals surface area contributed by atoms with E-state index >= 15 is 0 Å². The Hall–Kier alpha value is -1.36. The minimum absolute atomic E-state index is 0.0111. The molecule has 0 aliphatic carbocycles. The Kier molecular flexibility index (Phi) is 4.01. The van der Waals surface area contributed by atoms with Crippen LogP contribution in [0.3, 0.4) is 0 Å². The molecule has 0 aromatic heterocycles. The molecule has 0 unspecified atom stereocenters. The lowest BCUT2D eigenvalue weighted by molar-refractivity contribution is 0.0993. The van der Waals surface area contributed by atoms with E-state index in [0.717, 1.165) is 14.8 Å². The Balaban J connectivity index is 2.26. The summed E-state index contributed by atoms with van der Waals surface area (Å²) in [5.41, 5.74) is 2.77. The summed E-state index contributed by atoms with van der Waals surface area (Å²) in [6.07, 6.45) is 0. The molecular formula is C15H14INO. The van der Waals surface area contributed by atoms with Gasteiger partial charge < -0.3 is 4.90 Å². The number of rotatable bonds is 2. The highest BCUT2D eigenvalue weighted by molar-refractivity contribution is 14.1. The second-order valence-electron chi connectivity index (χ2n) is 4.21. The smallest absolute Gasteiger partial charge is 0.258 e. The van der Waals surface area contributed by atoms with Gasteiger partial charge in [0.05, 0.1) is 0 Å². The van der Waals surface area contributed by atoms with Crippen LogP contribution in [0.2, 0.25) is 0 Å². The zero-order valence-electron chi connectivity index (χ0n) is 10.4. The van der Waals surface area contributed by atoms with Gasteiger partial charge in [0.2, 0.25) is 0 Å². The van der Waals surface area contributed by atoms with Crippen molar-refractivity contribution < 1.29 is 4.79 Å². The maximum atomic E-state index is 12.3. The zero-order chi connectivity index (χ0) is 13.1. The molecule has 0 saturated carbocycles. The number of amides is 1. The summed E-state index contributed by atoms with van der Waals surface area (Å²) in [5.74, 6) is 0.0111. The first-order valence-corrected chi connectivity index (χ1v) is 6.76. The Morgan fingerprint density at radius 1 is 1.11 bits per heavy atom. The number of carbonyl (C=O) groups is 1. The number of hydrogen-bond acceptors (Lipinski definition) is 1. The topological polar surface area (TPSA) is 20.3 Å². The van der Waals surface area contributed by atoms with Gasteiger partial charge in [0.15, 0.2) is 0 Å². The molecule has 0 radical (unpaired) electrons. The van der Waals surface area contributed by atoms with E-state index in [2.05, 4.69) is 22.6 Å². The number of carbonyl (C=O) groups excluding carboxylic acids is 1. The fraction of sp³-hybridized carbons (Fsp3) is 0.133. The third-order valence-electron chi connectivity index (χ3n) is 2.78. The third-order valence-corrected chi connectivity index (χ3v) is 3.50. The Morgan fingerprint density at radius 3 is 2.39 bits per heavy atom. The van der Waals surface area contributed by atoms with Crippen molar-refractivity contribution in [3.63, 3.8) is 0 Å². The van der Waals surface area contributed by atoms with Gasteiger partial charge in [-0.3, -0.25) is 4.79 Å². The van der Waals surface area contributed by atoms with Gasteiger partial charge in [0.1, 0.15) is 0 Å². The molecule has 0 aliphatic rings. The number of halogens is 1. The summed E-state index contributed by atoms with van der Waals surface area (Å²) in [6, 6.07) is 15.5. The van der Waals surface area contributed by atoms with E-state index in [1.54, 1.807) is 11.9 Å². The van der Waals surface area contributed by atoms with Crippen LogP contribution in [0, 0.1) is 10.5 Å². The molecule has 1 amide bonds. The van der Waals surface area contributed by atoms with Crippen LogP contribution in [0.4, 0.5) is 5.69 Å². The van der Waals surface area contributed by atoms with Crippen LogP contribution in [0.25, 0.3) is 0 Å². The van der Waals surface area contributed by atoms with E-state index in [0.29, 0.717) is 5.56 Å². The van der Waals surface area contributed by atoms with E-state index in [4.69, 9.17) is 0 Å². The van der Waals surface area contributed by atoms with Gasteiger partial charge in [0.25, 0.3) is 5.91 Å². The standard InChI is InChI=1S/C15H14INO/c1-11-4-3-5-14(10-11)17(2)15(18)12-6-8-13(16)9-7-12/h3-10H,1-2H3. The lowest BCUT2D eigenvalue weighted by atomic mass is 10.1. The number of benzene rings is 2. The van der Waals surface area contributed by atoms with Gasteiger partial charge in [-0.15, -0.1) is 0 Å². The van der Waals surface area contributed by atoms with Gasteiger partial charge in [-0.2, -0.15) is 0 Å². The first-order chi connectivity index (χ1) is 8.58. The molecule has 2 nitrogen and oxygen atoms in total. The zero-order valence-corrected chi connectivity index (χ0v) is 12.5. The average molecular weight is 351 g/mol. The molecule has 0 bridgehead atoms. The van der Waals surface area contributed by atoms with Gasteiger partial charge in [-0.05, 0) is 71.5 Å². The lowest BCUT2D eigenvalue weighted by Crippen LogP contribution is -2.26. The molecule has 0 spiro atoms. The van der Waals surface area contributed by atoms with Crippen molar-refractivity contribution in [1.82, 2.24) is 0 Å². The SMILES string of the molecule is Cc1cccc(N(C)C(=O)c2ccc(I)cc2)c1. The molecule has 18 heavy (non-hydrogen) atoms. The largest absolute Gasteiger partial charge is 0.311 e. The van der Waals surface area contributed by atoms with Crippen LogP contribution >= 0.6 is 22.6 Å². The Bertz CT molecular complexity index is 563. The highest BCUT2D eigenvalue weighted by atomic mass is 127. The monoisotopic (exact) mass is 351 g/mol. The number of anilines is 1. The summed E-state index contributed by atoms with van der Waals surface area (Å²) in [7, 11) is 1.80. The number of hydrogen-bond donors (Lipinski definition) is 0. The van der Waals surface area contributed by atoms with Crippen molar-refractivity contribution >= 4 is 34.2 Å². The fourth-order valence-corrected chi connectivity index (χ4v) is 2.10. The van der Waals surface area contributed by atoms with Gasteiger partial charge in [-0.25, -0.2) is 0 Å². The predicted octanol–water partition coefficient (Wildman–Crippen LogP) is 3.88. The Labute approximate surface area is 121 Å². The minimum atomic E-state index is 0.0111. The van der Waals surface area contributed by atoms with E-state index in [1.807, 2.05) is 55.5 Å². The van der Waals surface area contributed by atoms with Crippen molar-refractivity contribution in [1.29, 1.82) is 0 Å². The van der Waals surface area contributed by atoms with E-state index in [1.165, 1.54) is 0 Å². The van der Waals surface area contributed by atoms with Crippen LogP contribution in [-0.4, -0.2) is 13.0 Å². The molecule has 0 fully saturated rings. The summed E-state index contributed by atoms with van der Waals surface area (Å²) in [4.78, 5) is 14.0. The predicted molar refractivity (Wildman–Crippen MR) is 83.1 cm³/mol. The molecule has 0 saturated heterocycles. The van der Waals surface area contributed by atoms with Crippen LogP contribution in [0.5, 0.6) is 0 Å². The van der Waals surface area contributed by atoms with Crippen LogP contribution in [0.15, 0.2) is 48.5 Å². The van der Waals surface area contributed by atoms with Crippen molar-refractivity contribution in [2.75, 3.05) is 11.9 Å². The van der Waals surface area contributed by atoms with E-state index < -0.39 is 0 Å². The molecule has 2 aromatic carbocycles.